The van der Waals surface area contributed by atoms with Crippen LogP contribution in [-0.2, 0) is 17.6 Å². The minimum absolute atomic E-state index is 0.0685. The number of amides is 1. The Morgan fingerprint density at radius 1 is 1.30 bits per heavy atom. The summed E-state index contributed by atoms with van der Waals surface area (Å²) in [6.07, 6.45) is 6.96. The Labute approximate surface area is 120 Å². The molecule has 1 aromatic rings. The Balaban J connectivity index is 1.90. The monoisotopic (exact) mass is 273 g/mol. The molecular weight excluding hydrogens is 250 g/mol. The molecule has 1 aliphatic heterocycles. The fourth-order valence-electron chi connectivity index (χ4n) is 3.62. The summed E-state index contributed by atoms with van der Waals surface area (Å²) in [6.45, 7) is 2.09. The van der Waals surface area contributed by atoms with E-state index in [0.29, 0.717) is 12.3 Å². The number of fused-ring (bicyclic) bond motifs is 1. The Morgan fingerprint density at radius 3 is 2.75 bits per heavy atom. The number of hydrogen-bond acceptors (Lipinski definition) is 2. The molecular formula is C17H23NO2. The summed E-state index contributed by atoms with van der Waals surface area (Å²) in [7, 11) is 0. The lowest BCUT2D eigenvalue weighted by Crippen LogP contribution is -2.16. The minimum Gasteiger partial charge on any atom is -0.388 e. The highest BCUT2D eigenvalue weighted by atomic mass is 16.3. The fraction of sp³-hybridized carbons (Fsp3) is 0.588. The molecule has 0 spiro atoms. The molecule has 1 amide bonds. The highest BCUT2D eigenvalue weighted by Gasteiger charge is 2.27. The molecule has 3 rings (SSSR count). The van der Waals surface area contributed by atoms with Crippen LogP contribution in [0.15, 0.2) is 12.1 Å². The topological polar surface area (TPSA) is 49.3 Å². The zero-order valence-corrected chi connectivity index (χ0v) is 12.1. The number of nitrogens with one attached hydrogen (secondary N) is 1. The maximum absolute atomic E-state index is 11.6. The van der Waals surface area contributed by atoms with Gasteiger partial charge in [-0.05, 0) is 41.9 Å². The van der Waals surface area contributed by atoms with E-state index in [0.717, 1.165) is 41.6 Å². The first-order valence-corrected chi connectivity index (χ1v) is 7.82. The predicted molar refractivity (Wildman–Crippen MR) is 79.7 cm³/mol. The Bertz CT molecular complexity index is 518. The first kappa shape index (κ1) is 13.6. The van der Waals surface area contributed by atoms with Crippen LogP contribution in [0.25, 0.3) is 0 Å². The second-order valence-electron chi connectivity index (χ2n) is 6.14. The molecule has 1 heterocycles. The van der Waals surface area contributed by atoms with Gasteiger partial charge in [-0.2, -0.15) is 0 Å². The van der Waals surface area contributed by atoms with Gasteiger partial charge >= 0.3 is 0 Å². The van der Waals surface area contributed by atoms with Crippen LogP contribution in [0.1, 0.15) is 61.8 Å². The van der Waals surface area contributed by atoms with Gasteiger partial charge in [-0.15, -0.1) is 0 Å². The molecule has 2 N–H and O–H groups in total. The van der Waals surface area contributed by atoms with Crippen molar-refractivity contribution >= 4 is 11.6 Å². The van der Waals surface area contributed by atoms with Gasteiger partial charge in [0.2, 0.25) is 5.91 Å². The molecule has 0 radical (unpaired) electrons. The maximum atomic E-state index is 11.6. The van der Waals surface area contributed by atoms with Crippen molar-refractivity contribution < 1.29 is 9.90 Å². The number of carbonyl (C=O) groups excluding carboxylic acids is 1. The molecule has 1 atom stereocenters. The van der Waals surface area contributed by atoms with Crippen molar-refractivity contribution in [3.05, 3.63) is 28.8 Å². The third-order valence-electron chi connectivity index (χ3n) is 4.76. The molecule has 2 aliphatic rings. The molecule has 1 aromatic carbocycles. The van der Waals surface area contributed by atoms with E-state index in [1.807, 2.05) is 6.07 Å². The van der Waals surface area contributed by atoms with Gasteiger partial charge < -0.3 is 10.4 Å². The molecule has 1 saturated carbocycles. The van der Waals surface area contributed by atoms with Gasteiger partial charge in [0.15, 0.2) is 0 Å². The molecule has 0 aromatic heterocycles. The van der Waals surface area contributed by atoms with E-state index in [4.69, 9.17) is 0 Å². The van der Waals surface area contributed by atoms with Gasteiger partial charge in [0.25, 0.3) is 0 Å². The third-order valence-corrected chi connectivity index (χ3v) is 4.76. The molecule has 1 unspecified atom stereocenters. The molecule has 0 bridgehead atoms. The van der Waals surface area contributed by atoms with Gasteiger partial charge in [0, 0.05) is 5.69 Å². The van der Waals surface area contributed by atoms with E-state index in [1.165, 1.54) is 19.3 Å². The Kier molecular flexibility index (Phi) is 3.79. The average Bonchev–Trinajstić information content (AvgIpc) is 2.86. The van der Waals surface area contributed by atoms with E-state index in [2.05, 4.69) is 18.3 Å². The molecule has 0 saturated heterocycles. The summed E-state index contributed by atoms with van der Waals surface area (Å²) in [4.78, 5) is 11.6. The number of benzene rings is 1. The predicted octanol–water partition coefficient (Wildman–Crippen LogP) is 3.36. The summed E-state index contributed by atoms with van der Waals surface area (Å²) in [5.74, 6) is 0.454. The van der Waals surface area contributed by atoms with Crippen LogP contribution >= 0.6 is 0 Å². The van der Waals surface area contributed by atoms with Gasteiger partial charge in [-0.3, -0.25) is 4.79 Å². The molecule has 3 heteroatoms. The number of aliphatic hydroxyl groups excluding tert-OH is 1. The zero-order valence-electron chi connectivity index (χ0n) is 12.1. The zero-order chi connectivity index (χ0) is 14.1. The molecule has 1 fully saturated rings. The van der Waals surface area contributed by atoms with Crippen LogP contribution in [0.2, 0.25) is 0 Å². The molecule has 1 aliphatic carbocycles. The van der Waals surface area contributed by atoms with Gasteiger partial charge in [0.1, 0.15) is 0 Å². The number of aryl methyl sites for hydroxylation is 1. The fourth-order valence-corrected chi connectivity index (χ4v) is 3.62. The Morgan fingerprint density at radius 2 is 2.05 bits per heavy atom. The summed E-state index contributed by atoms with van der Waals surface area (Å²) < 4.78 is 0. The third kappa shape index (κ3) is 2.47. The van der Waals surface area contributed by atoms with Crippen molar-refractivity contribution in [2.45, 2.75) is 58.0 Å². The number of aliphatic hydroxyl groups is 1. The lowest BCUT2D eigenvalue weighted by Gasteiger charge is -2.27. The van der Waals surface area contributed by atoms with Crippen LogP contribution in [0.5, 0.6) is 0 Å². The van der Waals surface area contributed by atoms with Crippen molar-refractivity contribution in [3.63, 3.8) is 0 Å². The van der Waals surface area contributed by atoms with Crippen molar-refractivity contribution in [1.82, 2.24) is 0 Å². The summed E-state index contributed by atoms with van der Waals surface area (Å²) in [5, 5.41) is 13.6. The second kappa shape index (κ2) is 5.57. The summed E-state index contributed by atoms with van der Waals surface area (Å²) in [6, 6.07) is 4.12. The molecule has 108 valence electrons. The van der Waals surface area contributed by atoms with E-state index in [1.54, 1.807) is 0 Å². The summed E-state index contributed by atoms with van der Waals surface area (Å²) >= 11 is 0. The second-order valence-corrected chi connectivity index (χ2v) is 6.14. The van der Waals surface area contributed by atoms with Gasteiger partial charge in [0.05, 0.1) is 12.5 Å². The highest BCUT2D eigenvalue weighted by molar-refractivity contribution is 6.00. The van der Waals surface area contributed by atoms with Gasteiger partial charge in [-0.1, -0.05) is 38.3 Å². The lowest BCUT2D eigenvalue weighted by molar-refractivity contribution is -0.115. The van der Waals surface area contributed by atoms with Crippen LogP contribution in [-0.4, -0.2) is 11.0 Å². The first-order valence-electron chi connectivity index (χ1n) is 7.82. The largest absolute Gasteiger partial charge is 0.388 e. The lowest BCUT2D eigenvalue weighted by atomic mass is 9.82. The first-order chi connectivity index (χ1) is 9.69. The van der Waals surface area contributed by atoms with E-state index in [9.17, 15) is 9.90 Å². The standard InChI is InChI=1S/C17H23NO2/c1-2-11-8-14(9-13-10-15(19)18-16(11)13)17(20)12-6-4-3-5-7-12/h8-9,12,17,20H,2-7,10H2,1H3,(H,18,19). The molecule has 20 heavy (non-hydrogen) atoms. The van der Waals surface area contributed by atoms with E-state index in [-0.39, 0.29) is 12.0 Å². The number of hydrogen-bond donors (Lipinski definition) is 2. The summed E-state index contributed by atoms with van der Waals surface area (Å²) in [5.41, 5.74) is 4.19. The smallest absolute Gasteiger partial charge is 0.228 e. The van der Waals surface area contributed by atoms with Crippen LogP contribution in [0, 0.1) is 5.92 Å². The quantitative estimate of drug-likeness (QED) is 0.887. The van der Waals surface area contributed by atoms with Crippen LogP contribution < -0.4 is 5.32 Å². The normalized spacial score (nSPS) is 20.6. The van der Waals surface area contributed by atoms with Crippen molar-refractivity contribution in [2.75, 3.05) is 5.32 Å². The average molecular weight is 273 g/mol. The van der Waals surface area contributed by atoms with Crippen molar-refractivity contribution in [2.24, 2.45) is 5.92 Å². The minimum atomic E-state index is -0.374. The van der Waals surface area contributed by atoms with Crippen LogP contribution in [0.3, 0.4) is 0 Å². The Hall–Kier alpha value is -1.35. The van der Waals surface area contributed by atoms with E-state index >= 15 is 0 Å². The highest BCUT2D eigenvalue weighted by Crippen LogP contribution is 2.37. The number of carbonyl (C=O) groups is 1. The van der Waals surface area contributed by atoms with Gasteiger partial charge in [-0.25, -0.2) is 0 Å². The van der Waals surface area contributed by atoms with Crippen molar-refractivity contribution in [1.29, 1.82) is 0 Å². The maximum Gasteiger partial charge on any atom is 0.228 e. The number of rotatable bonds is 3. The van der Waals surface area contributed by atoms with Crippen LogP contribution in [0.4, 0.5) is 5.69 Å². The van der Waals surface area contributed by atoms with E-state index < -0.39 is 0 Å². The van der Waals surface area contributed by atoms with Crippen molar-refractivity contribution in [3.8, 4) is 0 Å². The number of anilines is 1. The molecule has 3 nitrogen and oxygen atoms in total. The SMILES string of the molecule is CCc1cc(C(O)C2CCCCC2)cc2c1NC(=O)C2.